The molecule has 0 heterocycles. The van der Waals surface area contributed by atoms with Crippen LogP contribution in [0.2, 0.25) is 0 Å². The van der Waals surface area contributed by atoms with Gasteiger partial charge in [0, 0.05) is 31.0 Å². The molecule has 0 spiro atoms. The largest absolute Gasteiger partial charge is 0.466 e. The minimum Gasteiger partial charge on any atom is -0.466 e. The molecular weight excluding hydrogens is 450 g/mol. The zero-order chi connectivity index (χ0) is 25.6. The zero-order valence-corrected chi connectivity index (χ0v) is 21.8. The van der Waals surface area contributed by atoms with E-state index in [4.69, 9.17) is 9.47 Å². The number of rotatable bonds is 22. The third-order valence-electron chi connectivity index (χ3n) is 6.09. The molecule has 0 unspecified atom stereocenters. The van der Waals surface area contributed by atoms with Gasteiger partial charge in [-0.05, 0) is 19.3 Å². The van der Waals surface area contributed by atoms with Crippen LogP contribution in [-0.4, -0.2) is 18.5 Å². The highest BCUT2D eigenvalue weighted by Gasteiger charge is 2.08. The molecule has 1 aromatic rings. The fourth-order valence-electron chi connectivity index (χ4n) is 4.04. The fourth-order valence-corrected chi connectivity index (χ4v) is 4.04. The number of carbonyl (C=O) groups excluding carboxylic acids is 2. The molecule has 4 nitrogen and oxygen atoms in total. The maximum atomic E-state index is 13.1. The lowest BCUT2D eigenvalue weighted by molar-refractivity contribution is -0.144. The standard InChI is InChI=1S/C29H46F2O4/c1-2-3-4-5-6-7-8-9-12-15-18-21-34-28(32)19-16-13-10-11-14-17-20-29(33)35-27-23-25(30)22-26(31)24-27/h22-24H,2-21H2,1H3. The summed E-state index contributed by atoms with van der Waals surface area (Å²) >= 11 is 0. The molecule has 0 saturated carbocycles. The van der Waals surface area contributed by atoms with Crippen LogP contribution in [0.1, 0.15) is 129 Å². The van der Waals surface area contributed by atoms with Gasteiger partial charge in [0.2, 0.25) is 0 Å². The normalized spacial score (nSPS) is 10.9. The molecule has 0 aromatic heterocycles. The lowest BCUT2D eigenvalue weighted by Crippen LogP contribution is -2.08. The van der Waals surface area contributed by atoms with Crippen LogP contribution >= 0.6 is 0 Å². The van der Waals surface area contributed by atoms with Gasteiger partial charge in [-0.25, -0.2) is 8.78 Å². The Hall–Kier alpha value is -1.98. The zero-order valence-electron chi connectivity index (χ0n) is 21.8. The summed E-state index contributed by atoms with van der Waals surface area (Å²) in [6, 6.07) is 2.71. The molecule has 6 heteroatoms. The Kier molecular flexibility index (Phi) is 18.9. The summed E-state index contributed by atoms with van der Waals surface area (Å²) < 4.78 is 36.5. The first-order chi connectivity index (χ1) is 17.0. The fraction of sp³-hybridized carbons (Fsp3) is 0.724. The quantitative estimate of drug-likeness (QED) is 0.0914. The van der Waals surface area contributed by atoms with Gasteiger partial charge in [-0.3, -0.25) is 9.59 Å². The number of carbonyl (C=O) groups is 2. The molecule has 0 atom stereocenters. The van der Waals surface area contributed by atoms with Gasteiger partial charge < -0.3 is 9.47 Å². The Morgan fingerprint density at radius 3 is 1.54 bits per heavy atom. The Morgan fingerprint density at radius 2 is 1.03 bits per heavy atom. The average molecular weight is 497 g/mol. The van der Waals surface area contributed by atoms with Crippen LogP contribution in [0.3, 0.4) is 0 Å². The van der Waals surface area contributed by atoms with Gasteiger partial charge >= 0.3 is 11.9 Å². The highest BCUT2D eigenvalue weighted by atomic mass is 19.1. The third-order valence-corrected chi connectivity index (χ3v) is 6.09. The molecule has 0 bridgehead atoms. The maximum Gasteiger partial charge on any atom is 0.311 e. The van der Waals surface area contributed by atoms with Gasteiger partial charge in [-0.2, -0.15) is 0 Å². The Bertz CT molecular complexity index is 673. The summed E-state index contributed by atoms with van der Waals surface area (Å²) in [4.78, 5) is 23.6. The number of hydrogen-bond donors (Lipinski definition) is 0. The second-order valence-electron chi connectivity index (χ2n) is 9.46. The monoisotopic (exact) mass is 496 g/mol. The van der Waals surface area contributed by atoms with E-state index in [2.05, 4.69) is 6.92 Å². The molecule has 0 amide bonds. The van der Waals surface area contributed by atoms with Crippen molar-refractivity contribution in [1.82, 2.24) is 0 Å². The molecule has 0 saturated heterocycles. The molecule has 1 rings (SSSR count). The van der Waals surface area contributed by atoms with Gasteiger partial charge in [0.15, 0.2) is 0 Å². The Morgan fingerprint density at radius 1 is 0.600 bits per heavy atom. The summed E-state index contributed by atoms with van der Waals surface area (Å²) in [5, 5.41) is 0. The second-order valence-corrected chi connectivity index (χ2v) is 9.46. The molecule has 0 aliphatic carbocycles. The number of ether oxygens (including phenoxy) is 2. The van der Waals surface area contributed by atoms with E-state index in [0.29, 0.717) is 19.4 Å². The number of halogens is 2. The van der Waals surface area contributed by atoms with Crippen molar-refractivity contribution >= 4 is 11.9 Å². The molecular formula is C29H46F2O4. The van der Waals surface area contributed by atoms with Crippen molar-refractivity contribution in [2.75, 3.05) is 6.61 Å². The first-order valence-corrected chi connectivity index (χ1v) is 13.8. The van der Waals surface area contributed by atoms with Crippen molar-refractivity contribution in [3.63, 3.8) is 0 Å². The van der Waals surface area contributed by atoms with Crippen LogP contribution in [0.4, 0.5) is 8.78 Å². The number of esters is 2. The first kappa shape index (κ1) is 31.1. The van der Waals surface area contributed by atoms with Gasteiger partial charge in [-0.1, -0.05) is 96.8 Å². The molecule has 0 fully saturated rings. The molecule has 0 radical (unpaired) electrons. The van der Waals surface area contributed by atoms with Gasteiger partial charge in [0.1, 0.15) is 17.4 Å². The van der Waals surface area contributed by atoms with Gasteiger partial charge in [0.25, 0.3) is 0 Å². The number of benzene rings is 1. The predicted octanol–water partition coefficient (Wildman–Crippen LogP) is 8.85. The van der Waals surface area contributed by atoms with E-state index in [1.54, 1.807) is 0 Å². The first-order valence-electron chi connectivity index (χ1n) is 13.8. The van der Waals surface area contributed by atoms with Crippen LogP contribution < -0.4 is 4.74 Å². The number of hydrogen-bond acceptors (Lipinski definition) is 4. The second kappa shape index (κ2) is 21.3. The molecule has 1 aromatic carbocycles. The predicted molar refractivity (Wildman–Crippen MR) is 136 cm³/mol. The summed E-state index contributed by atoms with van der Waals surface area (Å²) in [5.41, 5.74) is 0. The van der Waals surface area contributed by atoms with E-state index < -0.39 is 17.6 Å². The lowest BCUT2D eigenvalue weighted by atomic mass is 10.1. The molecule has 0 aliphatic rings. The molecule has 0 N–H and O–H groups in total. The van der Waals surface area contributed by atoms with Gasteiger partial charge in [0.05, 0.1) is 6.61 Å². The Labute approximate surface area is 211 Å². The Balaban J connectivity index is 1.84. The minimum atomic E-state index is -0.772. The molecule has 200 valence electrons. The van der Waals surface area contributed by atoms with Crippen molar-refractivity contribution in [1.29, 1.82) is 0 Å². The van der Waals surface area contributed by atoms with Crippen molar-refractivity contribution in [3.05, 3.63) is 29.8 Å². The van der Waals surface area contributed by atoms with E-state index in [1.165, 1.54) is 57.8 Å². The minimum absolute atomic E-state index is 0.103. The highest BCUT2D eigenvalue weighted by Crippen LogP contribution is 2.17. The SMILES string of the molecule is CCCCCCCCCCCCCOC(=O)CCCCCCCCC(=O)Oc1cc(F)cc(F)c1. The summed E-state index contributed by atoms with van der Waals surface area (Å²) in [7, 11) is 0. The van der Waals surface area contributed by atoms with E-state index in [0.717, 1.165) is 63.1 Å². The van der Waals surface area contributed by atoms with E-state index >= 15 is 0 Å². The van der Waals surface area contributed by atoms with Crippen LogP contribution in [0, 0.1) is 11.6 Å². The third kappa shape index (κ3) is 19.0. The van der Waals surface area contributed by atoms with Crippen LogP contribution in [0.5, 0.6) is 5.75 Å². The van der Waals surface area contributed by atoms with Crippen LogP contribution in [-0.2, 0) is 14.3 Å². The number of unbranched alkanes of at least 4 members (excludes halogenated alkanes) is 15. The lowest BCUT2D eigenvalue weighted by Gasteiger charge is -2.06. The maximum absolute atomic E-state index is 13.1. The average Bonchev–Trinajstić information content (AvgIpc) is 2.80. The van der Waals surface area contributed by atoms with Crippen molar-refractivity contribution in [2.45, 2.75) is 129 Å². The summed E-state index contributed by atoms with van der Waals surface area (Å²) in [6.07, 6.45) is 20.0. The van der Waals surface area contributed by atoms with Crippen LogP contribution in [0.25, 0.3) is 0 Å². The van der Waals surface area contributed by atoms with Crippen molar-refractivity contribution in [2.24, 2.45) is 0 Å². The summed E-state index contributed by atoms with van der Waals surface area (Å²) in [5.74, 6) is -2.25. The van der Waals surface area contributed by atoms with Crippen LogP contribution in [0.15, 0.2) is 18.2 Å². The summed E-state index contributed by atoms with van der Waals surface area (Å²) in [6.45, 7) is 2.78. The van der Waals surface area contributed by atoms with E-state index in [9.17, 15) is 18.4 Å². The smallest absolute Gasteiger partial charge is 0.311 e. The topological polar surface area (TPSA) is 52.6 Å². The van der Waals surface area contributed by atoms with E-state index in [1.807, 2.05) is 0 Å². The molecule has 35 heavy (non-hydrogen) atoms. The molecule has 0 aliphatic heterocycles. The highest BCUT2D eigenvalue weighted by molar-refractivity contribution is 5.72. The van der Waals surface area contributed by atoms with E-state index in [-0.39, 0.29) is 18.1 Å². The van der Waals surface area contributed by atoms with Crippen molar-refractivity contribution < 1.29 is 27.8 Å². The van der Waals surface area contributed by atoms with Crippen molar-refractivity contribution in [3.8, 4) is 5.75 Å². The van der Waals surface area contributed by atoms with Gasteiger partial charge in [-0.15, -0.1) is 0 Å².